The second-order valence-corrected chi connectivity index (χ2v) is 5.63. The smallest absolute Gasteiger partial charge is 0.0992 e. The fourth-order valence-electron chi connectivity index (χ4n) is 2.32. The Bertz CT molecular complexity index is 349. The molecule has 18 heavy (non-hydrogen) atoms. The number of rotatable bonds is 6. The number of hydrogen-bond acceptors (Lipinski definition) is 3. The van der Waals surface area contributed by atoms with Gasteiger partial charge < -0.3 is 9.64 Å². The zero-order valence-electron chi connectivity index (χ0n) is 10.9. The minimum atomic E-state index is 0.126. The molecule has 2 rings (SSSR count). The molecule has 0 bridgehead atoms. The van der Waals surface area contributed by atoms with Crippen molar-refractivity contribution in [2.24, 2.45) is 0 Å². The lowest BCUT2D eigenvalue weighted by atomic mass is 10.2. The molecule has 0 N–H and O–H groups in total. The lowest BCUT2D eigenvalue weighted by Gasteiger charge is -2.19. The lowest BCUT2D eigenvalue weighted by molar-refractivity contribution is 0.0351. The summed E-state index contributed by atoms with van der Waals surface area (Å²) in [5, 5.41) is 0. The normalized spacial score (nSPS) is 18.1. The predicted octanol–water partition coefficient (Wildman–Crippen LogP) is 3.41. The third kappa shape index (κ3) is 4.04. The Morgan fingerprint density at radius 2 is 2.17 bits per heavy atom. The number of likely N-dealkylation sites (tertiary alicyclic amines) is 1. The molecule has 2 heterocycles. The van der Waals surface area contributed by atoms with Crippen LogP contribution in [0.5, 0.6) is 0 Å². The highest BCUT2D eigenvalue weighted by atomic mass is 79.9. The molecule has 1 saturated heterocycles. The minimum absolute atomic E-state index is 0.126. The van der Waals surface area contributed by atoms with Gasteiger partial charge in [-0.15, -0.1) is 0 Å². The number of nitrogens with zero attached hydrogens (tertiary/aromatic N) is 2. The molecule has 1 fully saturated rings. The average molecular weight is 313 g/mol. The highest BCUT2D eigenvalue weighted by Gasteiger charge is 2.14. The van der Waals surface area contributed by atoms with E-state index in [0.29, 0.717) is 0 Å². The van der Waals surface area contributed by atoms with E-state index in [1.165, 1.54) is 25.9 Å². The molecule has 1 atom stereocenters. The average Bonchev–Trinajstić information content (AvgIpc) is 2.89. The van der Waals surface area contributed by atoms with Crippen molar-refractivity contribution in [1.29, 1.82) is 0 Å². The van der Waals surface area contributed by atoms with Gasteiger partial charge in [-0.2, -0.15) is 0 Å². The van der Waals surface area contributed by atoms with Gasteiger partial charge in [0.25, 0.3) is 0 Å². The summed E-state index contributed by atoms with van der Waals surface area (Å²) < 4.78 is 6.97. The first kappa shape index (κ1) is 14.0. The first-order chi connectivity index (χ1) is 8.79. The van der Waals surface area contributed by atoms with E-state index in [1.54, 1.807) is 0 Å². The third-order valence-electron chi connectivity index (χ3n) is 3.38. The molecule has 100 valence electrons. The quantitative estimate of drug-likeness (QED) is 0.805. The van der Waals surface area contributed by atoms with Crippen LogP contribution < -0.4 is 0 Å². The van der Waals surface area contributed by atoms with Crippen LogP contribution in [0, 0.1) is 0 Å². The zero-order chi connectivity index (χ0) is 12.8. The SMILES string of the molecule is CCC(OCCN1CCCC1)c1ccc(Br)cn1. The van der Waals surface area contributed by atoms with Crippen LogP contribution in [0.3, 0.4) is 0 Å². The summed E-state index contributed by atoms with van der Waals surface area (Å²) >= 11 is 3.40. The predicted molar refractivity (Wildman–Crippen MR) is 76.6 cm³/mol. The summed E-state index contributed by atoms with van der Waals surface area (Å²) in [6, 6.07) is 4.06. The van der Waals surface area contributed by atoms with E-state index >= 15 is 0 Å². The van der Waals surface area contributed by atoms with Crippen LogP contribution in [0.15, 0.2) is 22.8 Å². The topological polar surface area (TPSA) is 25.4 Å². The number of aromatic nitrogens is 1. The molecule has 0 aromatic carbocycles. The molecule has 1 aliphatic heterocycles. The van der Waals surface area contributed by atoms with E-state index in [0.717, 1.165) is 29.7 Å². The maximum atomic E-state index is 5.96. The Morgan fingerprint density at radius 3 is 2.78 bits per heavy atom. The molecule has 0 amide bonds. The first-order valence-electron chi connectivity index (χ1n) is 6.75. The zero-order valence-corrected chi connectivity index (χ0v) is 12.5. The van der Waals surface area contributed by atoms with Gasteiger partial charge in [-0.1, -0.05) is 6.92 Å². The van der Waals surface area contributed by atoms with Crippen LogP contribution in [0.4, 0.5) is 0 Å². The van der Waals surface area contributed by atoms with Crippen molar-refractivity contribution in [1.82, 2.24) is 9.88 Å². The van der Waals surface area contributed by atoms with Gasteiger partial charge in [0.2, 0.25) is 0 Å². The molecule has 1 aliphatic rings. The summed E-state index contributed by atoms with van der Waals surface area (Å²) in [5.41, 5.74) is 1.03. The number of pyridine rings is 1. The Balaban J connectivity index is 1.79. The molecule has 1 aromatic heterocycles. The maximum absolute atomic E-state index is 5.96. The van der Waals surface area contributed by atoms with Gasteiger partial charge in [0.05, 0.1) is 18.4 Å². The fraction of sp³-hybridized carbons (Fsp3) is 0.643. The maximum Gasteiger partial charge on any atom is 0.0992 e. The van der Waals surface area contributed by atoms with Crippen molar-refractivity contribution < 1.29 is 4.74 Å². The molecule has 0 spiro atoms. The van der Waals surface area contributed by atoms with Crippen molar-refractivity contribution in [2.45, 2.75) is 32.3 Å². The van der Waals surface area contributed by atoms with Crippen LogP contribution in [-0.2, 0) is 4.74 Å². The van der Waals surface area contributed by atoms with Crippen LogP contribution in [0.1, 0.15) is 38.0 Å². The summed E-state index contributed by atoms with van der Waals surface area (Å²) in [7, 11) is 0. The monoisotopic (exact) mass is 312 g/mol. The summed E-state index contributed by atoms with van der Waals surface area (Å²) in [5.74, 6) is 0. The minimum Gasteiger partial charge on any atom is -0.371 e. The second-order valence-electron chi connectivity index (χ2n) is 4.72. The molecule has 4 heteroatoms. The molecule has 0 radical (unpaired) electrons. The van der Waals surface area contributed by atoms with Crippen molar-refractivity contribution in [3.8, 4) is 0 Å². The lowest BCUT2D eigenvalue weighted by Crippen LogP contribution is -2.24. The number of halogens is 1. The highest BCUT2D eigenvalue weighted by Crippen LogP contribution is 2.20. The Labute approximate surface area is 118 Å². The van der Waals surface area contributed by atoms with Gasteiger partial charge in [0.15, 0.2) is 0 Å². The van der Waals surface area contributed by atoms with Crippen molar-refractivity contribution in [2.75, 3.05) is 26.2 Å². The van der Waals surface area contributed by atoms with Crippen LogP contribution in [0.2, 0.25) is 0 Å². The molecule has 3 nitrogen and oxygen atoms in total. The van der Waals surface area contributed by atoms with Gasteiger partial charge in [0, 0.05) is 17.2 Å². The first-order valence-corrected chi connectivity index (χ1v) is 7.54. The van der Waals surface area contributed by atoms with Gasteiger partial charge in [-0.05, 0) is 60.4 Å². The molecule has 1 unspecified atom stereocenters. The van der Waals surface area contributed by atoms with Crippen molar-refractivity contribution in [3.05, 3.63) is 28.5 Å². The van der Waals surface area contributed by atoms with Crippen molar-refractivity contribution in [3.63, 3.8) is 0 Å². The second kappa shape index (κ2) is 7.22. The molecular formula is C14H21BrN2O. The Morgan fingerprint density at radius 1 is 1.39 bits per heavy atom. The van der Waals surface area contributed by atoms with Gasteiger partial charge in [0.1, 0.15) is 0 Å². The van der Waals surface area contributed by atoms with E-state index in [1.807, 2.05) is 18.3 Å². The van der Waals surface area contributed by atoms with E-state index in [9.17, 15) is 0 Å². The fourth-order valence-corrected chi connectivity index (χ4v) is 2.55. The molecule has 0 saturated carbocycles. The van der Waals surface area contributed by atoms with Crippen LogP contribution >= 0.6 is 15.9 Å². The molecule has 0 aliphatic carbocycles. The van der Waals surface area contributed by atoms with E-state index in [2.05, 4.69) is 32.7 Å². The van der Waals surface area contributed by atoms with Crippen LogP contribution in [-0.4, -0.2) is 36.1 Å². The van der Waals surface area contributed by atoms with E-state index < -0.39 is 0 Å². The summed E-state index contributed by atoms with van der Waals surface area (Å²) in [6.07, 6.45) is 5.61. The summed E-state index contributed by atoms with van der Waals surface area (Å²) in [4.78, 5) is 6.89. The highest BCUT2D eigenvalue weighted by molar-refractivity contribution is 9.10. The van der Waals surface area contributed by atoms with Gasteiger partial charge in [-0.3, -0.25) is 4.98 Å². The largest absolute Gasteiger partial charge is 0.371 e. The summed E-state index contributed by atoms with van der Waals surface area (Å²) in [6.45, 7) is 6.46. The number of hydrogen-bond donors (Lipinski definition) is 0. The number of ether oxygens (including phenoxy) is 1. The van der Waals surface area contributed by atoms with Crippen LogP contribution in [0.25, 0.3) is 0 Å². The van der Waals surface area contributed by atoms with Crippen molar-refractivity contribution >= 4 is 15.9 Å². The van der Waals surface area contributed by atoms with E-state index in [4.69, 9.17) is 4.74 Å². The Kier molecular flexibility index (Phi) is 5.60. The molecular weight excluding hydrogens is 292 g/mol. The van der Waals surface area contributed by atoms with Gasteiger partial charge in [-0.25, -0.2) is 0 Å². The molecule has 1 aromatic rings. The standard InChI is InChI=1S/C14H21BrN2O/c1-2-14(13-6-5-12(15)11-16-13)18-10-9-17-7-3-4-8-17/h5-6,11,14H,2-4,7-10H2,1H3. The van der Waals surface area contributed by atoms with Gasteiger partial charge >= 0.3 is 0 Å². The third-order valence-corrected chi connectivity index (χ3v) is 3.85. The Hall–Kier alpha value is -0.450. The van der Waals surface area contributed by atoms with E-state index in [-0.39, 0.29) is 6.10 Å².